The molecule has 1 aromatic rings. The van der Waals surface area contributed by atoms with E-state index in [2.05, 4.69) is 9.97 Å². The zero-order chi connectivity index (χ0) is 22.2. The third-order valence-electron chi connectivity index (χ3n) is 5.21. The van der Waals surface area contributed by atoms with Crippen LogP contribution in [-0.4, -0.2) is 40.1 Å². The fourth-order valence-electron chi connectivity index (χ4n) is 2.90. The Morgan fingerprint density at radius 3 is 2.38 bits per heavy atom. The Morgan fingerprint density at radius 1 is 1.21 bits per heavy atom. The van der Waals surface area contributed by atoms with Crippen molar-refractivity contribution in [3.05, 3.63) is 28.9 Å². The second kappa shape index (κ2) is 11.1. The van der Waals surface area contributed by atoms with Crippen LogP contribution in [-0.2, 0) is 11.2 Å². The van der Waals surface area contributed by atoms with Crippen LogP contribution in [0.5, 0.6) is 0 Å². The molecule has 0 aliphatic heterocycles. The van der Waals surface area contributed by atoms with Gasteiger partial charge in [-0.3, -0.25) is 9.97 Å². The summed E-state index contributed by atoms with van der Waals surface area (Å²) in [6.07, 6.45) is 3.09. The number of aromatic nitrogens is 2. The van der Waals surface area contributed by atoms with Crippen LogP contribution in [0.15, 0.2) is 11.8 Å². The Balaban J connectivity index is 2.68. The van der Waals surface area contributed by atoms with Gasteiger partial charge in [-0.05, 0) is 73.3 Å². The first kappa shape index (κ1) is 25.6. The molecule has 29 heavy (non-hydrogen) atoms. The van der Waals surface area contributed by atoms with Gasteiger partial charge in [0.2, 0.25) is 0 Å². The van der Waals surface area contributed by atoms with Crippen LogP contribution in [0.1, 0.15) is 77.4 Å². The molecular formula is C22H35F3N2O2. The monoisotopic (exact) mass is 416 g/mol. The lowest BCUT2D eigenvalue weighted by Crippen LogP contribution is -2.33. The SMILES string of the molecule is C/C(=C\c1ncc(CCCCC(CCO)OC(C)C)nc1C)C(C)(C)C(F)(F)F. The van der Waals surface area contributed by atoms with Crippen molar-refractivity contribution in [3.63, 3.8) is 0 Å². The summed E-state index contributed by atoms with van der Waals surface area (Å²) in [6, 6.07) is 0. The molecule has 1 aromatic heterocycles. The first-order valence-electron chi connectivity index (χ1n) is 10.2. The summed E-state index contributed by atoms with van der Waals surface area (Å²) < 4.78 is 45.4. The van der Waals surface area contributed by atoms with Crippen LogP contribution in [0.3, 0.4) is 0 Å². The van der Waals surface area contributed by atoms with Gasteiger partial charge >= 0.3 is 6.18 Å². The number of ether oxygens (including phenoxy) is 1. The highest BCUT2D eigenvalue weighted by Gasteiger charge is 2.48. The molecule has 0 amide bonds. The van der Waals surface area contributed by atoms with Crippen LogP contribution in [0, 0.1) is 12.3 Å². The maximum absolute atomic E-state index is 13.2. The lowest BCUT2D eigenvalue weighted by molar-refractivity contribution is -0.197. The van der Waals surface area contributed by atoms with E-state index < -0.39 is 11.6 Å². The number of nitrogens with zero attached hydrogens (tertiary/aromatic N) is 2. The van der Waals surface area contributed by atoms with Gasteiger partial charge < -0.3 is 9.84 Å². The Morgan fingerprint density at radius 2 is 1.86 bits per heavy atom. The van der Waals surface area contributed by atoms with Gasteiger partial charge in [-0.1, -0.05) is 12.0 Å². The molecule has 7 heteroatoms. The van der Waals surface area contributed by atoms with Crippen molar-refractivity contribution >= 4 is 6.08 Å². The number of rotatable bonds is 11. The van der Waals surface area contributed by atoms with E-state index in [9.17, 15) is 13.2 Å². The molecule has 0 saturated carbocycles. The Labute approximate surface area is 172 Å². The van der Waals surface area contributed by atoms with Gasteiger partial charge in [0.15, 0.2) is 0 Å². The van der Waals surface area contributed by atoms with E-state index in [1.807, 2.05) is 13.8 Å². The predicted octanol–water partition coefficient (Wildman–Crippen LogP) is 5.67. The molecule has 0 aromatic carbocycles. The Bertz CT molecular complexity index is 671. The molecule has 1 atom stereocenters. The second-order valence-electron chi connectivity index (χ2n) is 8.35. The third-order valence-corrected chi connectivity index (χ3v) is 5.21. The predicted molar refractivity (Wildman–Crippen MR) is 110 cm³/mol. The molecule has 1 heterocycles. The first-order chi connectivity index (χ1) is 13.4. The van der Waals surface area contributed by atoms with E-state index >= 15 is 0 Å². The summed E-state index contributed by atoms with van der Waals surface area (Å²) in [5.74, 6) is 0. The fourth-order valence-corrected chi connectivity index (χ4v) is 2.90. The summed E-state index contributed by atoms with van der Waals surface area (Å²) in [7, 11) is 0. The van der Waals surface area contributed by atoms with Gasteiger partial charge in [0.05, 0.1) is 34.7 Å². The van der Waals surface area contributed by atoms with Crippen molar-refractivity contribution in [3.8, 4) is 0 Å². The number of hydrogen-bond donors (Lipinski definition) is 1. The molecule has 0 saturated heterocycles. The standard InChI is InChI=1S/C22H35F3N2O2/c1-15(2)29-19(11-12-28)10-8-7-9-18-14-26-20(17(4)27-18)13-16(3)21(5,6)22(23,24)25/h13-15,19,28H,7-12H2,1-6H3/b16-13+. The first-order valence-corrected chi connectivity index (χ1v) is 10.2. The summed E-state index contributed by atoms with van der Waals surface area (Å²) in [5.41, 5.74) is 0.215. The topological polar surface area (TPSA) is 55.2 Å². The molecule has 1 rings (SSSR count). The highest BCUT2D eigenvalue weighted by atomic mass is 19.4. The van der Waals surface area contributed by atoms with Gasteiger partial charge in [0.25, 0.3) is 0 Å². The van der Waals surface area contributed by atoms with Gasteiger partial charge in [-0.15, -0.1) is 0 Å². The molecule has 1 unspecified atom stereocenters. The number of aliphatic hydroxyl groups excluding tert-OH is 1. The number of alkyl halides is 3. The molecule has 0 spiro atoms. The average Bonchev–Trinajstić information content (AvgIpc) is 2.59. The lowest BCUT2D eigenvalue weighted by atomic mass is 9.84. The van der Waals surface area contributed by atoms with Crippen LogP contribution >= 0.6 is 0 Å². The highest BCUT2D eigenvalue weighted by Crippen LogP contribution is 2.43. The minimum Gasteiger partial charge on any atom is -0.396 e. The van der Waals surface area contributed by atoms with Crippen molar-refractivity contribution in [1.82, 2.24) is 9.97 Å². The Hall–Kier alpha value is -1.47. The van der Waals surface area contributed by atoms with Crippen molar-refractivity contribution in [2.45, 2.75) is 92.0 Å². The zero-order valence-electron chi connectivity index (χ0n) is 18.4. The van der Waals surface area contributed by atoms with E-state index in [-0.39, 0.29) is 24.4 Å². The summed E-state index contributed by atoms with van der Waals surface area (Å²) in [4.78, 5) is 8.84. The minimum absolute atomic E-state index is 0.0558. The van der Waals surface area contributed by atoms with Crippen LogP contribution in [0.4, 0.5) is 13.2 Å². The van der Waals surface area contributed by atoms with Gasteiger partial charge in [0, 0.05) is 12.8 Å². The molecule has 0 bridgehead atoms. The fraction of sp³-hybridized carbons (Fsp3) is 0.727. The summed E-state index contributed by atoms with van der Waals surface area (Å²) in [6.45, 7) is 9.66. The molecule has 0 radical (unpaired) electrons. The second-order valence-corrected chi connectivity index (χ2v) is 8.35. The number of aliphatic hydroxyl groups is 1. The number of halogens is 3. The number of allylic oxidation sites excluding steroid dienone is 1. The number of hydrogen-bond acceptors (Lipinski definition) is 4. The molecule has 1 N–H and O–H groups in total. The van der Waals surface area contributed by atoms with Crippen LogP contribution < -0.4 is 0 Å². The average molecular weight is 417 g/mol. The molecule has 4 nitrogen and oxygen atoms in total. The van der Waals surface area contributed by atoms with E-state index in [0.29, 0.717) is 17.8 Å². The normalized spacial score (nSPS) is 14.5. The zero-order valence-corrected chi connectivity index (χ0v) is 18.4. The summed E-state index contributed by atoms with van der Waals surface area (Å²) in [5, 5.41) is 9.13. The Kier molecular flexibility index (Phi) is 9.76. The molecule has 166 valence electrons. The number of unbranched alkanes of at least 4 members (excludes halogenated alkanes) is 1. The largest absolute Gasteiger partial charge is 0.397 e. The van der Waals surface area contributed by atoms with E-state index in [0.717, 1.165) is 31.4 Å². The van der Waals surface area contributed by atoms with Crippen molar-refractivity contribution in [1.29, 1.82) is 0 Å². The quantitative estimate of drug-likeness (QED) is 0.473. The van der Waals surface area contributed by atoms with Crippen LogP contribution in [0.25, 0.3) is 6.08 Å². The molecule has 0 fully saturated rings. The van der Waals surface area contributed by atoms with Crippen molar-refractivity contribution in [2.75, 3.05) is 6.61 Å². The van der Waals surface area contributed by atoms with Crippen molar-refractivity contribution < 1.29 is 23.0 Å². The minimum atomic E-state index is -4.32. The van der Waals surface area contributed by atoms with Crippen LogP contribution in [0.2, 0.25) is 0 Å². The highest BCUT2D eigenvalue weighted by molar-refractivity contribution is 5.52. The van der Waals surface area contributed by atoms with Gasteiger partial charge in [-0.25, -0.2) is 0 Å². The smallest absolute Gasteiger partial charge is 0.396 e. The van der Waals surface area contributed by atoms with Crippen molar-refractivity contribution in [2.24, 2.45) is 5.41 Å². The molecule has 0 aliphatic rings. The van der Waals surface area contributed by atoms with Gasteiger partial charge in [-0.2, -0.15) is 13.2 Å². The van der Waals surface area contributed by atoms with E-state index in [1.165, 1.54) is 26.8 Å². The van der Waals surface area contributed by atoms with E-state index in [1.54, 1.807) is 13.1 Å². The summed E-state index contributed by atoms with van der Waals surface area (Å²) >= 11 is 0. The number of aryl methyl sites for hydroxylation is 2. The lowest BCUT2D eigenvalue weighted by Gasteiger charge is -2.28. The maximum atomic E-state index is 13.2. The molecule has 0 aliphatic carbocycles. The van der Waals surface area contributed by atoms with E-state index in [4.69, 9.17) is 9.84 Å². The molecular weight excluding hydrogens is 381 g/mol. The maximum Gasteiger partial charge on any atom is 0.397 e. The third kappa shape index (κ3) is 8.05. The van der Waals surface area contributed by atoms with Gasteiger partial charge in [0.1, 0.15) is 0 Å².